The van der Waals surface area contributed by atoms with Gasteiger partial charge in [0.1, 0.15) is 0 Å². The molecule has 0 spiro atoms. The summed E-state index contributed by atoms with van der Waals surface area (Å²) in [6.07, 6.45) is 6.27. The Balaban J connectivity index is 1.86. The van der Waals surface area contributed by atoms with Gasteiger partial charge in [0, 0.05) is 44.3 Å². The summed E-state index contributed by atoms with van der Waals surface area (Å²) in [4.78, 5) is 14.8. The molecule has 1 saturated heterocycles. The van der Waals surface area contributed by atoms with Crippen LogP contribution in [0.2, 0.25) is 0 Å². The summed E-state index contributed by atoms with van der Waals surface area (Å²) in [5, 5.41) is 3.26. The van der Waals surface area contributed by atoms with Gasteiger partial charge in [-0.05, 0) is 33.1 Å². The lowest BCUT2D eigenvalue weighted by atomic mass is 9.86. The van der Waals surface area contributed by atoms with E-state index in [2.05, 4.69) is 17.1 Å². The summed E-state index contributed by atoms with van der Waals surface area (Å²) < 4.78 is 10.8. The molecule has 5 nitrogen and oxygen atoms in total. The van der Waals surface area contributed by atoms with Gasteiger partial charge in [-0.1, -0.05) is 12.8 Å². The average Bonchev–Trinajstić information content (AvgIpc) is 3.03. The maximum atomic E-state index is 12.2. The van der Waals surface area contributed by atoms with E-state index in [1.807, 2.05) is 6.92 Å². The molecule has 1 aliphatic carbocycles. The highest BCUT2D eigenvalue weighted by Crippen LogP contribution is 2.38. The Morgan fingerprint density at radius 2 is 2.00 bits per heavy atom. The van der Waals surface area contributed by atoms with Gasteiger partial charge in [-0.3, -0.25) is 9.69 Å². The Morgan fingerprint density at radius 1 is 1.32 bits per heavy atom. The quantitative estimate of drug-likeness (QED) is 0.696. The standard InChI is InChI=1S/C17H32N2O3/c1-3-21-12-6-7-16(20)18-15(2)17(8-4-5-9-17)19-10-13-22-14-11-19/h15H,3-14H2,1-2H3,(H,18,20). The van der Waals surface area contributed by atoms with Crippen molar-refractivity contribution in [2.24, 2.45) is 0 Å². The number of nitrogens with one attached hydrogen (secondary N) is 1. The molecule has 128 valence electrons. The number of hydrogen-bond donors (Lipinski definition) is 1. The van der Waals surface area contributed by atoms with E-state index in [4.69, 9.17) is 9.47 Å². The van der Waals surface area contributed by atoms with Gasteiger partial charge in [0.2, 0.25) is 5.91 Å². The van der Waals surface area contributed by atoms with E-state index >= 15 is 0 Å². The molecule has 1 atom stereocenters. The molecule has 2 aliphatic rings. The summed E-state index contributed by atoms with van der Waals surface area (Å²) in [6, 6.07) is 0.202. The zero-order valence-corrected chi connectivity index (χ0v) is 14.2. The smallest absolute Gasteiger partial charge is 0.220 e. The molecule has 1 unspecified atom stereocenters. The molecule has 0 aromatic rings. The van der Waals surface area contributed by atoms with E-state index in [1.165, 1.54) is 25.7 Å². The Kier molecular flexibility index (Phi) is 7.12. The first kappa shape index (κ1) is 17.7. The second-order valence-corrected chi connectivity index (χ2v) is 6.50. The lowest BCUT2D eigenvalue weighted by molar-refractivity contribution is -0.123. The Labute approximate surface area is 134 Å². The van der Waals surface area contributed by atoms with Gasteiger partial charge < -0.3 is 14.8 Å². The van der Waals surface area contributed by atoms with Gasteiger partial charge in [0.05, 0.1) is 13.2 Å². The highest BCUT2D eigenvalue weighted by atomic mass is 16.5. The van der Waals surface area contributed by atoms with Crippen molar-refractivity contribution in [2.75, 3.05) is 39.5 Å². The van der Waals surface area contributed by atoms with Crippen molar-refractivity contribution in [3.8, 4) is 0 Å². The minimum atomic E-state index is 0.138. The van der Waals surface area contributed by atoms with Crippen LogP contribution < -0.4 is 5.32 Å². The number of nitrogens with zero attached hydrogens (tertiary/aromatic N) is 1. The summed E-state index contributed by atoms with van der Waals surface area (Å²) in [6.45, 7) is 9.17. The van der Waals surface area contributed by atoms with Crippen LogP contribution in [0.1, 0.15) is 52.4 Å². The van der Waals surface area contributed by atoms with Crippen molar-refractivity contribution < 1.29 is 14.3 Å². The molecule has 5 heteroatoms. The first-order valence-electron chi connectivity index (χ1n) is 8.89. The van der Waals surface area contributed by atoms with Crippen LogP contribution in [0.15, 0.2) is 0 Å². The number of rotatable bonds is 8. The molecule has 1 heterocycles. The van der Waals surface area contributed by atoms with Gasteiger partial charge in [-0.25, -0.2) is 0 Å². The monoisotopic (exact) mass is 312 g/mol. The van der Waals surface area contributed by atoms with Gasteiger partial charge >= 0.3 is 0 Å². The molecule has 2 rings (SSSR count). The van der Waals surface area contributed by atoms with Gasteiger partial charge in [-0.2, -0.15) is 0 Å². The zero-order chi connectivity index (χ0) is 15.8. The minimum absolute atomic E-state index is 0.138. The maximum absolute atomic E-state index is 12.2. The molecule has 0 radical (unpaired) electrons. The Morgan fingerprint density at radius 3 is 2.64 bits per heavy atom. The van der Waals surface area contributed by atoms with Crippen LogP contribution in [-0.4, -0.2) is 61.9 Å². The molecule has 0 aromatic carbocycles. The maximum Gasteiger partial charge on any atom is 0.220 e. The summed E-state index contributed by atoms with van der Waals surface area (Å²) >= 11 is 0. The average molecular weight is 312 g/mol. The molecule has 1 amide bonds. The van der Waals surface area contributed by atoms with E-state index < -0.39 is 0 Å². The van der Waals surface area contributed by atoms with E-state index in [0.29, 0.717) is 13.0 Å². The third kappa shape index (κ3) is 4.43. The Hall–Kier alpha value is -0.650. The summed E-state index contributed by atoms with van der Waals surface area (Å²) in [7, 11) is 0. The fourth-order valence-corrected chi connectivity index (χ4v) is 3.95. The van der Waals surface area contributed by atoms with E-state index in [-0.39, 0.29) is 17.5 Å². The molecule has 1 saturated carbocycles. The molecular formula is C17H32N2O3. The van der Waals surface area contributed by atoms with E-state index in [0.717, 1.165) is 39.3 Å². The third-order valence-electron chi connectivity index (χ3n) is 5.19. The number of carbonyl (C=O) groups excluding carboxylic acids is 1. The van der Waals surface area contributed by atoms with Crippen molar-refractivity contribution in [1.82, 2.24) is 10.2 Å². The van der Waals surface area contributed by atoms with Crippen LogP contribution in [0.25, 0.3) is 0 Å². The summed E-state index contributed by atoms with van der Waals surface area (Å²) in [5.41, 5.74) is 0.138. The second kappa shape index (κ2) is 8.85. The van der Waals surface area contributed by atoms with Gasteiger partial charge in [0.15, 0.2) is 0 Å². The topological polar surface area (TPSA) is 50.8 Å². The summed E-state index contributed by atoms with van der Waals surface area (Å²) in [5.74, 6) is 0.159. The van der Waals surface area contributed by atoms with Crippen molar-refractivity contribution in [3.63, 3.8) is 0 Å². The molecule has 1 N–H and O–H groups in total. The number of carbonyl (C=O) groups is 1. The van der Waals surface area contributed by atoms with Gasteiger partial charge in [-0.15, -0.1) is 0 Å². The normalized spacial score (nSPS) is 23.4. The second-order valence-electron chi connectivity index (χ2n) is 6.50. The minimum Gasteiger partial charge on any atom is -0.382 e. The molecule has 0 bridgehead atoms. The van der Waals surface area contributed by atoms with Crippen LogP contribution in [0.5, 0.6) is 0 Å². The van der Waals surface area contributed by atoms with Crippen LogP contribution in [0.3, 0.4) is 0 Å². The number of hydrogen-bond acceptors (Lipinski definition) is 4. The van der Waals surface area contributed by atoms with Gasteiger partial charge in [0.25, 0.3) is 0 Å². The van der Waals surface area contributed by atoms with Crippen molar-refractivity contribution >= 4 is 5.91 Å². The fraction of sp³-hybridized carbons (Fsp3) is 0.941. The highest BCUT2D eigenvalue weighted by Gasteiger charge is 2.44. The van der Waals surface area contributed by atoms with Crippen LogP contribution in [0.4, 0.5) is 0 Å². The SMILES string of the molecule is CCOCCCC(=O)NC(C)C1(N2CCOCC2)CCCC1. The lowest BCUT2D eigenvalue weighted by Crippen LogP contribution is -2.62. The number of ether oxygens (including phenoxy) is 2. The Bertz CT molecular complexity index is 337. The number of morpholine rings is 1. The predicted octanol–water partition coefficient (Wildman–Crippen LogP) is 1.95. The van der Waals surface area contributed by atoms with Crippen LogP contribution >= 0.6 is 0 Å². The largest absolute Gasteiger partial charge is 0.382 e. The molecule has 2 fully saturated rings. The first-order valence-corrected chi connectivity index (χ1v) is 8.89. The first-order chi connectivity index (χ1) is 10.7. The predicted molar refractivity (Wildman–Crippen MR) is 86.9 cm³/mol. The van der Waals surface area contributed by atoms with E-state index in [1.54, 1.807) is 0 Å². The number of amides is 1. The molecular weight excluding hydrogens is 280 g/mol. The molecule has 0 aromatic heterocycles. The van der Waals surface area contributed by atoms with Crippen molar-refractivity contribution in [2.45, 2.75) is 64.0 Å². The van der Waals surface area contributed by atoms with Crippen molar-refractivity contribution in [1.29, 1.82) is 0 Å². The van der Waals surface area contributed by atoms with Crippen LogP contribution in [0, 0.1) is 0 Å². The highest BCUT2D eigenvalue weighted by molar-refractivity contribution is 5.76. The molecule has 1 aliphatic heterocycles. The lowest BCUT2D eigenvalue weighted by Gasteiger charge is -2.47. The van der Waals surface area contributed by atoms with Crippen LogP contribution in [-0.2, 0) is 14.3 Å². The zero-order valence-electron chi connectivity index (χ0n) is 14.2. The molecule has 22 heavy (non-hydrogen) atoms. The van der Waals surface area contributed by atoms with E-state index in [9.17, 15) is 4.79 Å². The van der Waals surface area contributed by atoms with Crippen molar-refractivity contribution in [3.05, 3.63) is 0 Å². The fourth-order valence-electron chi connectivity index (χ4n) is 3.95. The third-order valence-corrected chi connectivity index (χ3v) is 5.19.